The zero-order valence-electron chi connectivity index (χ0n) is 8.01. The van der Waals surface area contributed by atoms with Crippen LogP contribution in [0.2, 0.25) is 0 Å². The van der Waals surface area contributed by atoms with Gasteiger partial charge in [0.2, 0.25) is 0 Å². The van der Waals surface area contributed by atoms with E-state index in [2.05, 4.69) is 34.2 Å². The summed E-state index contributed by atoms with van der Waals surface area (Å²) in [5.74, 6) is 0. The van der Waals surface area contributed by atoms with Crippen molar-refractivity contribution in [3.8, 4) is 0 Å². The summed E-state index contributed by atoms with van der Waals surface area (Å²) in [7, 11) is 0. The van der Waals surface area contributed by atoms with Gasteiger partial charge in [0.15, 0.2) is 0 Å². The fourth-order valence-electron chi connectivity index (χ4n) is 1.45. The number of furan rings is 1. The molecule has 0 atom stereocenters. The fourth-order valence-corrected chi connectivity index (χ4v) is 1.81. The Balaban J connectivity index is 2.40. The highest BCUT2D eigenvalue weighted by atomic mass is 79.9. The van der Waals surface area contributed by atoms with E-state index in [9.17, 15) is 0 Å². The van der Waals surface area contributed by atoms with Crippen LogP contribution in [0.5, 0.6) is 0 Å². The van der Waals surface area contributed by atoms with Crippen molar-refractivity contribution >= 4 is 26.9 Å². The Bertz CT molecular complexity index is 436. The van der Waals surface area contributed by atoms with Gasteiger partial charge in [-0.1, -0.05) is 22.9 Å². The highest BCUT2D eigenvalue weighted by molar-refractivity contribution is 9.10. The van der Waals surface area contributed by atoms with Crippen molar-refractivity contribution < 1.29 is 4.42 Å². The Hall–Kier alpha value is -0.800. The summed E-state index contributed by atoms with van der Waals surface area (Å²) >= 11 is 3.46. The Morgan fingerprint density at radius 3 is 3.07 bits per heavy atom. The molecule has 0 aliphatic carbocycles. The van der Waals surface area contributed by atoms with Crippen LogP contribution in [0.15, 0.2) is 33.4 Å². The van der Waals surface area contributed by atoms with Crippen LogP contribution in [0.3, 0.4) is 0 Å². The zero-order valence-corrected chi connectivity index (χ0v) is 9.60. The summed E-state index contributed by atoms with van der Waals surface area (Å²) in [6.45, 7) is 3.93. The van der Waals surface area contributed by atoms with Gasteiger partial charge in [0.1, 0.15) is 5.58 Å². The number of halogens is 1. The summed E-state index contributed by atoms with van der Waals surface area (Å²) in [6, 6.07) is 6.06. The molecule has 0 radical (unpaired) electrons. The van der Waals surface area contributed by atoms with Gasteiger partial charge in [-0.25, -0.2) is 0 Å². The van der Waals surface area contributed by atoms with E-state index in [1.807, 2.05) is 18.4 Å². The summed E-state index contributed by atoms with van der Waals surface area (Å²) in [5, 5.41) is 4.47. The maximum atomic E-state index is 5.44. The maximum absolute atomic E-state index is 5.44. The van der Waals surface area contributed by atoms with Crippen LogP contribution < -0.4 is 5.32 Å². The van der Waals surface area contributed by atoms with Gasteiger partial charge in [0, 0.05) is 22.0 Å². The van der Waals surface area contributed by atoms with Gasteiger partial charge in [-0.15, -0.1) is 0 Å². The molecule has 1 aromatic heterocycles. The van der Waals surface area contributed by atoms with Crippen LogP contribution in [0, 0.1) is 0 Å². The number of nitrogens with one attached hydrogen (secondary N) is 1. The number of fused-ring (bicyclic) bond motifs is 1. The fraction of sp³-hybridized carbons (Fsp3) is 0.273. The molecule has 2 nitrogen and oxygen atoms in total. The predicted molar refractivity (Wildman–Crippen MR) is 61.3 cm³/mol. The number of hydrogen-bond acceptors (Lipinski definition) is 2. The Kier molecular flexibility index (Phi) is 2.89. The Morgan fingerprint density at radius 1 is 1.43 bits per heavy atom. The average Bonchev–Trinajstić information content (AvgIpc) is 2.57. The van der Waals surface area contributed by atoms with E-state index in [1.165, 1.54) is 10.9 Å². The van der Waals surface area contributed by atoms with Gasteiger partial charge in [0.05, 0.1) is 6.26 Å². The molecule has 0 aliphatic heterocycles. The lowest BCUT2D eigenvalue weighted by atomic mass is 10.2. The molecular weight excluding hydrogens is 242 g/mol. The van der Waals surface area contributed by atoms with E-state index in [-0.39, 0.29) is 0 Å². The van der Waals surface area contributed by atoms with Crippen molar-refractivity contribution in [2.75, 3.05) is 6.54 Å². The van der Waals surface area contributed by atoms with Crippen molar-refractivity contribution in [2.45, 2.75) is 13.5 Å². The van der Waals surface area contributed by atoms with Crippen molar-refractivity contribution in [1.82, 2.24) is 5.32 Å². The molecule has 3 heteroatoms. The van der Waals surface area contributed by atoms with Crippen LogP contribution in [0.4, 0.5) is 0 Å². The molecule has 2 rings (SSSR count). The third-order valence-corrected chi connectivity index (χ3v) is 2.67. The SMILES string of the molecule is CCNCc1coc2ccc(Br)cc12. The molecule has 1 N–H and O–H groups in total. The lowest BCUT2D eigenvalue weighted by Crippen LogP contribution is -2.11. The molecule has 0 amide bonds. The van der Waals surface area contributed by atoms with E-state index in [0.29, 0.717) is 0 Å². The molecular formula is C11H12BrNO. The molecule has 0 unspecified atom stereocenters. The van der Waals surface area contributed by atoms with Crippen LogP contribution in [0.1, 0.15) is 12.5 Å². The third kappa shape index (κ3) is 1.83. The summed E-state index contributed by atoms with van der Waals surface area (Å²) in [6.07, 6.45) is 1.82. The molecule has 0 spiro atoms. The van der Waals surface area contributed by atoms with Crippen molar-refractivity contribution in [3.63, 3.8) is 0 Å². The van der Waals surface area contributed by atoms with Crippen molar-refractivity contribution in [1.29, 1.82) is 0 Å². The van der Waals surface area contributed by atoms with E-state index < -0.39 is 0 Å². The molecule has 1 heterocycles. The lowest BCUT2D eigenvalue weighted by Gasteiger charge is -1.98. The molecule has 14 heavy (non-hydrogen) atoms. The minimum Gasteiger partial charge on any atom is -0.464 e. The standard InChI is InChI=1S/C11H12BrNO/c1-2-13-6-8-7-14-11-4-3-9(12)5-10(8)11/h3-5,7,13H,2,6H2,1H3. The first-order valence-corrected chi connectivity index (χ1v) is 5.47. The first-order valence-electron chi connectivity index (χ1n) is 4.67. The molecule has 2 aromatic rings. The Labute approximate surface area is 91.4 Å². The molecule has 1 aromatic carbocycles. The van der Waals surface area contributed by atoms with Gasteiger partial charge in [-0.05, 0) is 24.7 Å². The second kappa shape index (κ2) is 4.15. The molecule has 0 aliphatic rings. The monoisotopic (exact) mass is 253 g/mol. The highest BCUT2D eigenvalue weighted by Crippen LogP contribution is 2.24. The van der Waals surface area contributed by atoms with E-state index in [1.54, 1.807) is 0 Å². The molecule has 0 saturated carbocycles. The second-order valence-electron chi connectivity index (χ2n) is 3.18. The summed E-state index contributed by atoms with van der Waals surface area (Å²) in [5.41, 5.74) is 2.16. The van der Waals surface area contributed by atoms with Gasteiger partial charge in [-0.2, -0.15) is 0 Å². The molecule has 0 bridgehead atoms. The normalized spacial score (nSPS) is 11.0. The largest absolute Gasteiger partial charge is 0.464 e. The van der Waals surface area contributed by atoms with Gasteiger partial charge < -0.3 is 9.73 Å². The van der Waals surface area contributed by atoms with Crippen molar-refractivity contribution in [3.05, 3.63) is 34.5 Å². The van der Waals surface area contributed by atoms with Crippen molar-refractivity contribution in [2.24, 2.45) is 0 Å². The number of benzene rings is 1. The minimum atomic E-state index is 0.861. The Morgan fingerprint density at radius 2 is 2.29 bits per heavy atom. The van der Waals surface area contributed by atoms with Crippen LogP contribution in [-0.2, 0) is 6.54 Å². The predicted octanol–water partition coefficient (Wildman–Crippen LogP) is 3.30. The number of hydrogen-bond donors (Lipinski definition) is 1. The summed E-state index contributed by atoms with van der Waals surface area (Å²) in [4.78, 5) is 0. The smallest absolute Gasteiger partial charge is 0.134 e. The second-order valence-corrected chi connectivity index (χ2v) is 4.10. The van der Waals surface area contributed by atoms with E-state index >= 15 is 0 Å². The maximum Gasteiger partial charge on any atom is 0.134 e. The van der Waals surface area contributed by atoms with Gasteiger partial charge in [0.25, 0.3) is 0 Å². The quantitative estimate of drug-likeness (QED) is 0.909. The highest BCUT2D eigenvalue weighted by Gasteiger charge is 2.04. The van der Waals surface area contributed by atoms with Gasteiger partial charge >= 0.3 is 0 Å². The third-order valence-electron chi connectivity index (χ3n) is 2.18. The van der Waals surface area contributed by atoms with Gasteiger partial charge in [-0.3, -0.25) is 0 Å². The van der Waals surface area contributed by atoms with Crippen LogP contribution in [-0.4, -0.2) is 6.54 Å². The first-order chi connectivity index (χ1) is 6.81. The molecule has 74 valence electrons. The first kappa shape index (κ1) is 9.74. The lowest BCUT2D eigenvalue weighted by molar-refractivity contribution is 0.604. The molecule has 0 saturated heterocycles. The minimum absolute atomic E-state index is 0.861. The van der Waals surface area contributed by atoms with E-state index in [4.69, 9.17) is 4.42 Å². The summed E-state index contributed by atoms with van der Waals surface area (Å²) < 4.78 is 6.53. The topological polar surface area (TPSA) is 25.2 Å². The van der Waals surface area contributed by atoms with E-state index in [0.717, 1.165) is 23.1 Å². The van der Waals surface area contributed by atoms with Crippen LogP contribution >= 0.6 is 15.9 Å². The average molecular weight is 254 g/mol. The molecule has 0 fully saturated rings. The number of rotatable bonds is 3. The van der Waals surface area contributed by atoms with Crippen LogP contribution in [0.25, 0.3) is 11.0 Å². The zero-order chi connectivity index (χ0) is 9.97.